The number of carbonyl (C=O) groups is 1. The summed E-state index contributed by atoms with van der Waals surface area (Å²) in [5.41, 5.74) is 0.584. The predicted molar refractivity (Wildman–Crippen MR) is 53.0 cm³/mol. The van der Waals surface area contributed by atoms with Crippen molar-refractivity contribution in [2.75, 3.05) is 0 Å². The first kappa shape index (κ1) is 12.3. The first-order valence-electron chi connectivity index (χ1n) is 4.37. The fourth-order valence-corrected chi connectivity index (χ4v) is 1.57. The summed E-state index contributed by atoms with van der Waals surface area (Å²) >= 11 is 0. The van der Waals surface area contributed by atoms with Gasteiger partial charge in [-0.15, -0.1) is 0 Å². The van der Waals surface area contributed by atoms with Crippen molar-refractivity contribution in [3.8, 4) is 6.07 Å². The zero-order chi connectivity index (χ0) is 10.8. The molecule has 0 spiro atoms. The fraction of sp³-hybridized carbons (Fsp3) is 0. The minimum absolute atomic E-state index is 0. The van der Waals surface area contributed by atoms with Crippen LogP contribution in [-0.4, -0.2) is 5.97 Å². The first-order chi connectivity index (χ1) is 7.24. The monoisotopic (exact) mass is 259 g/mol. The van der Waals surface area contributed by atoms with Crippen molar-refractivity contribution in [1.82, 2.24) is 0 Å². The molecule has 0 aromatic heterocycles. The molecule has 0 saturated carbocycles. The summed E-state index contributed by atoms with van der Waals surface area (Å²) in [6.07, 6.45) is 0. The zero-order valence-corrected chi connectivity index (χ0v) is 8.97. The minimum atomic E-state index is -1.23. The number of carbonyl (C=O) groups excluding carboxylic acids is 1. The molecular formula is C12H6CuNO2. The number of rotatable bonds is 1. The standard InChI is InChI=1S/C12H7NO2.Cu/c13-7-8-5-6-11(12(14)15)10-4-2-1-3-9(8)10;/h1-6H,(H,14,15);/q;+1/p-1. The Morgan fingerprint density at radius 3 is 2.31 bits per heavy atom. The summed E-state index contributed by atoms with van der Waals surface area (Å²) in [6.45, 7) is 0. The van der Waals surface area contributed by atoms with Gasteiger partial charge in [-0.25, -0.2) is 0 Å². The van der Waals surface area contributed by atoms with Gasteiger partial charge in [0.1, 0.15) is 0 Å². The van der Waals surface area contributed by atoms with Crippen molar-refractivity contribution < 1.29 is 27.0 Å². The van der Waals surface area contributed by atoms with Crippen LogP contribution in [0, 0.1) is 11.3 Å². The van der Waals surface area contributed by atoms with Crippen LogP contribution in [0.15, 0.2) is 36.4 Å². The van der Waals surface area contributed by atoms with Crippen molar-refractivity contribution in [3.63, 3.8) is 0 Å². The zero-order valence-electron chi connectivity index (χ0n) is 8.03. The van der Waals surface area contributed by atoms with Crippen molar-refractivity contribution in [2.24, 2.45) is 0 Å². The molecule has 0 atom stereocenters. The van der Waals surface area contributed by atoms with E-state index in [2.05, 4.69) is 0 Å². The second kappa shape index (κ2) is 4.80. The van der Waals surface area contributed by atoms with Gasteiger partial charge in [0.2, 0.25) is 0 Å². The molecule has 0 saturated heterocycles. The number of benzene rings is 2. The van der Waals surface area contributed by atoms with Crippen molar-refractivity contribution in [1.29, 1.82) is 5.26 Å². The maximum atomic E-state index is 10.8. The maximum Gasteiger partial charge on any atom is 1.00 e. The summed E-state index contributed by atoms with van der Waals surface area (Å²) in [4.78, 5) is 10.8. The number of hydrogen-bond donors (Lipinski definition) is 0. The summed E-state index contributed by atoms with van der Waals surface area (Å²) in [6, 6.07) is 11.8. The van der Waals surface area contributed by atoms with Crippen molar-refractivity contribution in [3.05, 3.63) is 47.5 Å². The average Bonchev–Trinajstić information content (AvgIpc) is 2.27. The Hall–Kier alpha value is -1.82. The van der Waals surface area contributed by atoms with E-state index < -0.39 is 5.97 Å². The molecule has 0 unspecified atom stereocenters. The normalized spacial score (nSPS) is 9.19. The van der Waals surface area contributed by atoms with Gasteiger partial charge in [-0.05, 0) is 11.5 Å². The van der Waals surface area contributed by atoms with E-state index in [1.54, 1.807) is 24.3 Å². The third-order valence-corrected chi connectivity index (χ3v) is 2.26. The Morgan fingerprint density at radius 2 is 1.75 bits per heavy atom. The third-order valence-electron chi connectivity index (χ3n) is 2.26. The van der Waals surface area contributed by atoms with Crippen LogP contribution in [0.4, 0.5) is 0 Å². The largest absolute Gasteiger partial charge is 1.00 e. The topological polar surface area (TPSA) is 63.9 Å². The molecule has 0 N–H and O–H groups in total. The van der Waals surface area contributed by atoms with Gasteiger partial charge in [-0.2, -0.15) is 5.26 Å². The second-order valence-electron chi connectivity index (χ2n) is 3.11. The number of nitriles is 1. The van der Waals surface area contributed by atoms with Gasteiger partial charge < -0.3 is 9.90 Å². The van der Waals surface area contributed by atoms with E-state index in [-0.39, 0.29) is 22.6 Å². The van der Waals surface area contributed by atoms with E-state index in [0.717, 1.165) is 0 Å². The first-order valence-corrected chi connectivity index (χ1v) is 4.37. The van der Waals surface area contributed by atoms with E-state index in [9.17, 15) is 9.90 Å². The smallest absolute Gasteiger partial charge is 0.545 e. The van der Waals surface area contributed by atoms with Crippen molar-refractivity contribution >= 4 is 16.7 Å². The molecule has 0 heterocycles. The fourth-order valence-electron chi connectivity index (χ4n) is 1.57. The molecule has 0 aliphatic heterocycles. The van der Waals surface area contributed by atoms with Gasteiger partial charge in [0.25, 0.3) is 0 Å². The number of nitrogens with zero attached hydrogens (tertiary/aromatic N) is 1. The van der Waals surface area contributed by atoms with Crippen LogP contribution in [-0.2, 0) is 17.1 Å². The number of aromatic carboxylic acids is 1. The molecule has 0 bridgehead atoms. The summed E-state index contributed by atoms with van der Waals surface area (Å²) in [5.74, 6) is -1.23. The molecule has 0 aliphatic rings. The molecular weight excluding hydrogens is 254 g/mol. The van der Waals surface area contributed by atoms with E-state index >= 15 is 0 Å². The minimum Gasteiger partial charge on any atom is -0.545 e. The van der Waals surface area contributed by atoms with Gasteiger partial charge >= 0.3 is 17.1 Å². The number of carboxylic acid groups (broad SMARTS) is 1. The van der Waals surface area contributed by atoms with Crippen LogP contribution in [0.1, 0.15) is 15.9 Å². The van der Waals surface area contributed by atoms with E-state index in [1.807, 2.05) is 6.07 Å². The van der Waals surface area contributed by atoms with E-state index in [4.69, 9.17) is 5.26 Å². The second-order valence-corrected chi connectivity index (χ2v) is 3.11. The predicted octanol–water partition coefficient (Wildman–Crippen LogP) is 1.07. The third kappa shape index (κ3) is 1.92. The average molecular weight is 260 g/mol. The molecule has 2 rings (SSSR count). The molecule has 0 amide bonds. The molecule has 4 heteroatoms. The van der Waals surface area contributed by atoms with Crippen LogP contribution >= 0.6 is 0 Å². The molecule has 3 nitrogen and oxygen atoms in total. The Kier molecular flexibility index (Phi) is 3.68. The summed E-state index contributed by atoms with van der Waals surface area (Å²) in [7, 11) is 0. The van der Waals surface area contributed by atoms with Crippen LogP contribution in [0.5, 0.6) is 0 Å². The molecule has 16 heavy (non-hydrogen) atoms. The Bertz CT molecular complexity index is 587. The van der Waals surface area contributed by atoms with Gasteiger partial charge in [0, 0.05) is 10.9 Å². The molecule has 2 aromatic carbocycles. The van der Waals surface area contributed by atoms with E-state index in [0.29, 0.717) is 16.3 Å². The number of carboxylic acids is 1. The van der Waals surface area contributed by atoms with Gasteiger partial charge in [0.15, 0.2) is 0 Å². The van der Waals surface area contributed by atoms with Gasteiger partial charge in [0.05, 0.1) is 17.6 Å². The summed E-state index contributed by atoms with van der Waals surface area (Å²) in [5, 5.41) is 20.9. The van der Waals surface area contributed by atoms with Gasteiger partial charge in [-0.3, -0.25) is 0 Å². The van der Waals surface area contributed by atoms with E-state index in [1.165, 1.54) is 12.1 Å². The van der Waals surface area contributed by atoms with Crippen LogP contribution < -0.4 is 5.11 Å². The SMILES string of the molecule is N#Cc1ccc(C(=O)[O-])c2ccccc12.[Cu+]. The van der Waals surface area contributed by atoms with Crippen LogP contribution in [0.2, 0.25) is 0 Å². The molecule has 0 fully saturated rings. The molecule has 82 valence electrons. The Morgan fingerprint density at radius 1 is 1.12 bits per heavy atom. The Balaban J connectivity index is 0.00000128. The number of fused-ring (bicyclic) bond motifs is 1. The molecule has 0 aliphatic carbocycles. The Labute approximate surface area is 103 Å². The van der Waals surface area contributed by atoms with Crippen LogP contribution in [0.25, 0.3) is 10.8 Å². The summed E-state index contributed by atoms with van der Waals surface area (Å²) < 4.78 is 0. The van der Waals surface area contributed by atoms with Crippen LogP contribution in [0.3, 0.4) is 0 Å². The van der Waals surface area contributed by atoms with Crippen molar-refractivity contribution in [2.45, 2.75) is 0 Å². The molecule has 0 radical (unpaired) electrons. The molecule has 2 aromatic rings. The maximum absolute atomic E-state index is 10.8. The van der Waals surface area contributed by atoms with Gasteiger partial charge in [-0.1, -0.05) is 30.3 Å². The number of hydrogen-bond acceptors (Lipinski definition) is 3. The quantitative estimate of drug-likeness (QED) is 0.720.